The zero-order valence-corrected chi connectivity index (χ0v) is 13.5. The second kappa shape index (κ2) is 6.53. The van der Waals surface area contributed by atoms with E-state index in [1.165, 1.54) is 6.42 Å². The highest BCUT2D eigenvalue weighted by Crippen LogP contribution is 2.28. The lowest BCUT2D eigenvalue weighted by Gasteiger charge is -2.09. The fraction of sp³-hybridized carbons (Fsp3) is 0.412. The number of nitrogens with one attached hydrogen (secondary N) is 1. The summed E-state index contributed by atoms with van der Waals surface area (Å²) >= 11 is 5.97. The number of carbonyl (C=O) groups is 1. The van der Waals surface area contributed by atoms with Crippen molar-refractivity contribution in [1.82, 2.24) is 14.9 Å². The Morgan fingerprint density at radius 3 is 2.77 bits per heavy atom. The van der Waals surface area contributed by atoms with Crippen LogP contribution in [0.2, 0.25) is 5.02 Å². The summed E-state index contributed by atoms with van der Waals surface area (Å²) in [7, 11) is 0. The van der Waals surface area contributed by atoms with Crippen molar-refractivity contribution >= 4 is 17.5 Å². The molecule has 1 aromatic carbocycles. The average Bonchev–Trinajstić information content (AvgIpc) is 2.71. The minimum Gasteiger partial charge on any atom is -0.351 e. The van der Waals surface area contributed by atoms with E-state index in [1.807, 2.05) is 31.2 Å². The molecule has 0 fully saturated rings. The zero-order valence-electron chi connectivity index (χ0n) is 12.7. The van der Waals surface area contributed by atoms with Crippen LogP contribution < -0.4 is 5.32 Å². The van der Waals surface area contributed by atoms with E-state index in [1.54, 1.807) is 0 Å². The second-order valence-corrected chi connectivity index (χ2v) is 6.00. The minimum atomic E-state index is -0.0756. The Balaban J connectivity index is 2.09. The highest BCUT2D eigenvalue weighted by atomic mass is 35.5. The van der Waals surface area contributed by atoms with Gasteiger partial charge < -0.3 is 9.88 Å². The largest absolute Gasteiger partial charge is 0.351 e. The first kappa shape index (κ1) is 15.1. The zero-order chi connectivity index (χ0) is 15.5. The Hall–Kier alpha value is -1.81. The fourth-order valence-electron chi connectivity index (χ4n) is 2.97. The van der Waals surface area contributed by atoms with Gasteiger partial charge in [-0.1, -0.05) is 18.0 Å². The van der Waals surface area contributed by atoms with Gasteiger partial charge in [0.2, 0.25) is 0 Å². The average molecular weight is 318 g/mol. The molecular formula is C17H20ClN3O. The number of aromatic nitrogens is 2. The quantitative estimate of drug-likeness (QED) is 0.938. The summed E-state index contributed by atoms with van der Waals surface area (Å²) in [6.45, 7) is 3.45. The van der Waals surface area contributed by atoms with Crippen molar-refractivity contribution in [3.8, 4) is 11.4 Å². The Labute approximate surface area is 135 Å². The molecule has 0 saturated carbocycles. The third kappa shape index (κ3) is 2.88. The molecule has 22 heavy (non-hydrogen) atoms. The van der Waals surface area contributed by atoms with Crippen LogP contribution in [0.3, 0.4) is 0 Å². The van der Waals surface area contributed by atoms with Gasteiger partial charge >= 0.3 is 0 Å². The molecule has 1 N–H and O–H groups in total. The van der Waals surface area contributed by atoms with Gasteiger partial charge in [0, 0.05) is 23.7 Å². The predicted molar refractivity (Wildman–Crippen MR) is 88.2 cm³/mol. The summed E-state index contributed by atoms with van der Waals surface area (Å²) in [5, 5.41) is 3.57. The number of hydrogen-bond acceptors (Lipinski definition) is 2. The van der Waals surface area contributed by atoms with Crippen LogP contribution in [0.25, 0.3) is 11.4 Å². The molecule has 116 valence electrons. The number of benzene rings is 1. The summed E-state index contributed by atoms with van der Waals surface area (Å²) < 4.78 is 2.21. The maximum absolute atomic E-state index is 12.3. The number of fused-ring (bicyclic) bond motifs is 1. The van der Waals surface area contributed by atoms with Crippen LogP contribution in [-0.4, -0.2) is 22.0 Å². The molecule has 2 aromatic rings. The summed E-state index contributed by atoms with van der Waals surface area (Å²) in [5.74, 6) is 0.795. The molecule has 2 heterocycles. The highest BCUT2D eigenvalue weighted by Gasteiger charge is 2.23. The molecule has 0 spiro atoms. The fourth-order valence-corrected chi connectivity index (χ4v) is 3.09. The number of hydrogen-bond donors (Lipinski definition) is 1. The minimum absolute atomic E-state index is 0.0756. The van der Waals surface area contributed by atoms with Crippen LogP contribution >= 0.6 is 11.6 Å². The van der Waals surface area contributed by atoms with Gasteiger partial charge in [0.25, 0.3) is 5.91 Å². The second-order valence-electron chi connectivity index (χ2n) is 5.56. The van der Waals surface area contributed by atoms with Crippen molar-refractivity contribution in [1.29, 1.82) is 0 Å². The SMILES string of the molecule is CCNC(=O)c1nc(-c2ccc(Cl)cc2)n2c1CCCCC2. The number of rotatable bonds is 3. The van der Waals surface area contributed by atoms with Gasteiger partial charge in [-0.3, -0.25) is 4.79 Å². The van der Waals surface area contributed by atoms with Crippen LogP contribution in [0.5, 0.6) is 0 Å². The molecule has 1 aromatic heterocycles. The predicted octanol–water partition coefficient (Wildman–Crippen LogP) is 3.68. The van der Waals surface area contributed by atoms with Crippen molar-refractivity contribution in [3.05, 3.63) is 40.7 Å². The molecule has 0 saturated heterocycles. The molecule has 1 aliphatic rings. The lowest BCUT2D eigenvalue weighted by Crippen LogP contribution is -2.24. The van der Waals surface area contributed by atoms with Gasteiger partial charge in [-0.2, -0.15) is 0 Å². The Morgan fingerprint density at radius 2 is 2.05 bits per heavy atom. The smallest absolute Gasteiger partial charge is 0.271 e. The molecule has 0 radical (unpaired) electrons. The van der Waals surface area contributed by atoms with Gasteiger partial charge in [0.15, 0.2) is 0 Å². The van der Waals surface area contributed by atoms with Crippen LogP contribution in [0.1, 0.15) is 42.4 Å². The number of imidazole rings is 1. The molecule has 4 nitrogen and oxygen atoms in total. The lowest BCUT2D eigenvalue weighted by molar-refractivity contribution is 0.0950. The third-order valence-electron chi connectivity index (χ3n) is 4.02. The summed E-state index contributed by atoms with van der Waals surface area (Å²) in [5.41, 5.74) is 2.64. The van der Waals surface area contributed by atoms with E-state index in [0.717, 1.165) is 42.9 Å². The summed E-state index contributed by atoms with van der Waals surface area (Å²) in [6, 6.07) is 7.65. The summed E-state index contributed by atoms with van der Waals surface area (Å²) in [4.78, 5) is 17.0. The van der Waals surface area contributed by atoms with Gasteiger partial charge in [0.1, 0.15) is 11.5 Å². The topological polar surface area (TPSA) is 46.9 Å². The van der Waals surface area contributed by atoms with Crippen molar-refractivity contribution in [2.24, 2.45) is 0 Å². The summed E-state index contributed by atoms with van der Waals surface area (Å²) in [6.07, 6.45) is 4.33. The molecule has 1 amide bonds. The molecule has 0 aliphatic carbocycles. The Kier molecular flexibility index (Phi) is 4.48. The number of halogens is 1. The molecule has 0 bridgehead atoms. The third-order valence-corrected chi connectivity index (χ3v) is 4.27. The van der Waals surface area contributed by atoms with Crippen LogP contribution in [0.15, 0.2) is 24.3 Å². The molecule has 1 aliphatic heterocycles. The standard InChI is InChI=1S/C17H20ClN3O/c1-2-19-17(22)15-14-6-4-3-5-11-21(14)16(20-15)12-7-9-13(18)10-8-12/h7-10H,2-6,11H2,1H3,(H,19,22). The van der Waals surface area contributed by atoms with Crippen LogP contribution in [0, 0.1) is 0 Å². The van der Waals surface area contributed by atoms with Crippen molar-refractivity contribution < 1.29 is 4.79 Å². The van der Waals surface area contributed by atoms with Crippen molar-refractivity contribution in [3.63, 3.8) is 0 Å². The molecule has 3 rings (SSSR count). The van der Waals surface area contributed by atoms with E-state index in [2.05, 4.69) is 14.9 Å². The van der Waals surface area contributed by atoms with E-state index in [-0.39, 0.29) is 5.91 Å². The molecule has 5 heteroatoms. The maximum atomic E-state index is 12.3. The van der Waals surface area contributed by atoms with E-state index in [9.17, 15) is 4.79 Å². The monoisotopic (exact) mass is 317 g/mol. The number of nitrogens with zero attached hydrogens (tertiary/aromatic N) is 2. The van der Waals surface area contributed by atoms with Crippen LogP contribution in [-0.2, 0) is 13.0 Å². The van der Waals surface area contributed by atoms with Gasteiger partial charge in [0.05, 0.1) is 5.69 Å². The van der Waals surface area contributed by atoms with Crippen molar-refractivity contribution in [2.75, 3.05) is 6.54 Å². The first-order chi connectivity index (χ1) is 10.7. The maximum Gasteiger partial charge on any atom is 0.271 e. The van der Waals surface area contributed by atoms with E-state index in [4.69, 9.17) is 11.6 Å². The van der Waals surface area contributed by atoms with E-state index >= 15 is 0 Å². The Morgan fingerprint density at radius 1 is 1.27 bits per heavy atom. The normalized spacial score (nSPS) is 14.3. The van der Waals surface area contributed by atoms with E-state index < -0.39 is 0 Å². The van der Waals surface area contributed by atoms with E-state index in [0.29, 0.717) is 17.3 Å². The molecular weight excluding hydrogens is 298 g/mol. The van der Waals surface area contributed by atoms with Gasteiger partial charge in [-0.05, 0) is 50.5 Å². The van der Waals surface area contributed by atoms with Crippen LogP contribution in [0.4, 0.5) is 0 Å². The Bertz CT molecular complexity index is 676. The van der Waals surface area contributed by atoms with Crippen molar-refractivity contribution in [2.45, 2.75) is 39.2 Å². The molecule has 0 atom stereocenters. The first-order valence-electron chi connectivity index (χ1n) is 7.84. The van der Waals surface area contributed by atoms with Gasteiger partial charge in [-0.25, -0.2) is 4.98 Å². The number of amides is 1. The number of carbonyl (C=O) groups excluding carboxylic acids is 1. The first-order valence-corrected chi connectivity index (χ1v) is 8.22. The highest BCUT2D eigenvalue weighted by molar-refractivity contribution is 6.30. The molecule has 0 unspecified atom stereocenters. The van der Waals surface area contributed by atoms with Gasteiger partial charge in [-0.15, -0.1) is 0 Å². The lowest BCUT2D eigenvalue weighted by atomic mass is 10.1.